The molecule has 0 aliphatic carbocycles. The first kappa shape index (κ1) is 10.5. The van der Waals surface area contributed by atoms with Gasteiger partial charge in [-0.25, -0.2) is 10.1 Å². The molecule has 1 aromatic carbocycles. The third kappa shape index (κ3) is 1.43. The van der Waals surface area contributed by atoms with Gasteiger partial charge in [-0.1, -0.05) is 18.2 Å². The lowest BCUT2D eigenvalue weighted by Gasteiger charge is -1.96. The summed E-state index contributed by atoms with van der Waals surface area (Å²) in [7, 11) is 0. The molecule has 0 atom stereocenters. The number of hydrogen-bond donors (Lipinski definition) is 2. The van der Waals surface area contributed by atoms with Gasteiger partial charge in [-0.05, 0) is 6.07 Å². The lowest BCUT2D eigenvalue weighted by atomic mass is 10.2. The van der Waals surface area contributed by atoms with Gasteiger partial charge in [-0.3, -0.25) is 4.79 Å². The van der Waals surface area contributed by atoms with Crippen molar-refractivity contribution in [3.8, 4) is 10.7 Å². The molecule has 3 heterocycles. The molecule has 0 aliphatic heterocycles. The Balaban J connectivity index is 2.24. The molecule has 0 saturated carbocycles. The van der Waals surface area contributed by atoms with Crippen LogP contribution in [-0.4, -0.2) is 20.2 Å². The van der Waals surface area contributed by atoms with Gasteiger partial charge in [0.25, 0.3) is 5.56 Å². The zero-order valence-corrected chi connectivity index (χ0v) is 10.5. The molecule has 0 bridgehead atoms. The van der Waals surface area contributed by atoms with Crippen molar-refractivity contribution in [2.45, 2.75) is 0 Å². The molecule has 6 heteroatoms. The Kier molecular flexibility index (Phi) is 2.07. The predicted octanol–water partition coefficient (Wildman–Crippen LogP) is 2.53. The number of thiazole rings is 1. The second kappa shape index (κ2) is 3.76. The Bertz CT molecular complexity index is 936. The highest BCUT2D eigenvalue weighted by molar-refractivity contribution is 7.13. The summed E-state index contributed by atoms with van der Waals surface area (Å²) >= 11 is 1.49. The van der Waals surface area contributed by atoms with E-state index in [1.165, 1.54) is 11.3 Å². The van der Waals surface area contributed by atoms with Crippen molar-refractivity contribution < 1.29 is 0 Å². The Labute approximate surface area is 110 Å². The third-order valence-electron chi connectivity index (χ3n) is 3.07. The number of benzene rings is 1. The van der Waals surface area contributed by atoms with Gasteiger partial charge in [0, 0.05) is 22.5 Å². The lowest BCUT2D eigenvalue weighted by Crippen LogP contribution is -2.08. The van der Waals surface area contributed by atoms with E-state index < -0.39 is 0 Å². The zero-order chi connectivity index (χ0) is 12.8. The van der Waals surface area contributed by atoms with E-state index in [0.29, 0.717) is 11.1 Å². The van der Waals surface area contributed by atoms with Crippen LogP contribution in [-0.2, 0) is 0 Å². The van der Waals surface area contributed by atoms with Gasteiger partial charge in [0.2, 0.25) is 0 Å². The number of fused-ring (bicyclic) bond motifs is 3. The van der Waals surface area contributed by atoms with Crippen molar-refractivity contribution in [1.82, 2.24) is 20.2 Å². The summed E-state index contributed by atoms with van der Waals surface area (Å²) in [6.45, 7) is 0. The Hall–Kier alpha value is -2.47. The molecule has 0 amide bonds. The molecule has 3 aromatic heterocycles. The number of para-hydroxylation sites is 1. The third-order valence-corrected chi connectivity index (χ3v) is 3.85. The first-order valence-corrected chi connectivity index (χ1v) is 6.61. The highest BCUT2D eigenvalue weighted by Gasteiger charge is 2.15. The van der Waals surface area contributed by atoms with Crippen molar-refractivity contribution in [2.24, 2.45) is 0 Å². The summed E-state index contributed by atoms with van der Waals surface area (Å²) in [6.07, 6.45) is 1.72. The molecule has 0 fully saturated rings. The van der Waals surface area contributed by atoms with Crippen LogP contribution in [0.4, 0.5) is 0 Å². The smallest absolute Gasteiger partial charge is 0.274 e. The number of nitrogens with zero attached hydrogens (tertiary/aromatic N) is 2. The molecule has 5 nitrogen and oxygen atoms in total. The van der Waals surface area contributed by atoms with Gasteiger partial charge in [0.05, 0.1) is 10.9 Å². The van der Waals surface area contributed by atoms with E-state index in [9.17, 15) is 4.79 Å². The fourth-order valence-corrected chi connectivity index (χ4v) is 2.90. The van der Waals surface area contributed by atoms with Crippen molar-refractivity contribution in [3.63, 3.8) is 0 Å². The van der Waals surface area contributed by atoms with E-state index in [4.69, 9.17) is 0 Å². The molecule has 4 rings (SSSR count). The minimum absolute atomic E-state index is 0.187. The summed E-state index contributed by atoms with van der Waals surface area (Å²) in [5.74, 6) is 0. The predicted molar refractivity (Wildman–Crippen MR) is 75.3 cm³/mol. The average molecular weight is 268 g/mol. The second-order valence-electron chi connectivity index (χ2n) is 4.16. The van der Waals surface area contributed by atoms with Gasteiger partial charge in [-0.15, -0.1) is 11.3 Å². The number of aromatic amines is 2. The number of H-pyrrole nitrogens is 2. The van der Waals surface area contributed by atoms with Crippen molar-refractivity contribution in [3.05, 3.63) is 46.2 Å². The topological polar surface area (TPSA) is 74.4 Å². The number of rotatable bonds is 1. The summed E-state index contributed by atoms with van der Waals surface area (Å²) in [5, 5.41) is 10.9. The fourth-order valence-electron chi connectivity index (χ4n) is 2.27. The van der Waals surface area contributed by atoms with Gasteiger partial charge in [-0.2, -0.15) is 5.10 Å². The first-order valence-electron chi connectivity index (χ1n) is 5.73. The first-order chi connectivity index (χ1) is 9.34. The van der Waals surface area contributed by atoms with E-state index in [0.717, 1.165) is 21.4 Å². The molecular formula is C13H8N4OS. The highest BCUT2D eigenvalue weighted by atomic mass is 32.1. The normalized spacial score (nSPS) is 11.4. The van der Waals surface area contributed by atoms with Gasteiger partial charge >= 0.3 is 0 Å². The monoisotopic (exact) mass is 268 g/mol. The fraction of sp³-hybridized carbons (Fsp3) is 0. The van der Waals surface area contributed by atoms with Crippen LogP contribution in [0.2, 0.25) is 0 Å². The zero-order valence-electron chi connectivity index (χ0n) is 9.68. The van der Waals surface area contributed by atoms with E-state index in [-0.39, 0.29) is 5.56 Å². The van der Waals surface area contributed by atoms with Crippen LogP contribution in [0.5, 0.6) is 0 Å². The SMILES string of the molecule is O=c1[nH]nc(-c2nccs2)c2[nH]c3ccccc3c12. The molecule has 92 valence electrons. The van der Waals surface area contributed by atoms with Crippen molar-refractivity contribution >= 4 is 33.1 Å². The summed E-state index contributed by atoms with van der Waals surface area (Å²) < 4.78 is 0. The minimum atomic E-state index is -0.187. The molecule has 2 N–H and O–H groups in total. The number of hydrogen-bond acceptors (Lipinski definition) is 4. The van der Waals surface area contributed by atoms with Crippen LogP contribution in [0, 0.1) is 0 Å². The summed E-state index contributed by atoms with van der Waals surface area (Å²) in [4.78, 5) is 19.5. The molecule has 4 aromatic rings. The van der Waals surface area contributed by atoms with Crippen LogP contribution >= 0.6 is 11.3 Å². The largest absolute Gasteiger partial charge is 0.352 e. The second-order valence-corrected chi connectivity index (χ2v) is 5.05. The van der Waals surface area contributed by atoms with Crippen LogP contribution in [0.15, 0.2) is 40.6 Å². The molecule has 0 aliphatic rings. The minimum Gasteiger partial charge on any atom is -0.352 e. The Morgan fingerprint density at radius 2 is 2.11 bits per heavy atom. The molecule has 0 unspecified atom stereocenters. The average Bonchev–Trinajstić information content (AvgIpc) is 3.06. The van der Waals surface area contributed by atoms with E-state index >= 15 is 0 Å². The summed E-state index contributed by atoms with van der Waals surface area (Å²) in [5.41, 5.74) is 2.15. The van der Waals surface area contributed by atoms with Crippen LogP contribution in [0.25, 0.3) is 32.5 Å². The Morgan fingerprint density at radius 1 is 1.21 bits per heavy atom. The van der Waals surface area contributed by atoms with E-state index in [1.807, 2.05) is 29.6 Å². The number of nitrogens with one attached hydrogen (secondary N) is 2. The lowest BCUT2D eigenvalue weighted by molar-refractivity contribution is 1.01. The van der Waals surface area contributed by atoms with Crippen LogP contribution in [0.3, 0.4) is 0 Å². The number of aromatic nitrogens is 4. The van der Waals surface area contributed by atoms with E-state index in [2.05, 4.69) is 20.2 Å². The maximum absolute atomic E-state index is 12.0. The molecule has 0 spiro atoms. The van der Waals surface area contributed by atoms with Crippen LogP contribution in [0.1, 0.15) is 0 Å². The standard InChI is InChI=1S/C13H8N4OS/c18-12-9-7-3-1-2-4-8(7)15-10(9)11(16-17-12)13-14-5-6-19-13/h1-6,15H,(H,17,18). The summed E-state index contributed by atoms with van der Waals surface area (Å²) in [6, 6.07) is 7.72. The van der Waals surface area contributed by atoms with Gasteiger partial charge in [0.1, 0.15) is 10.7 Å². The van der Waals surface area contributed by atoms with E-state index in [1.54, 1.807) is 6.20 Å². The molecule has 19 heavy (non-hydrogen) atoms. The molecule has 0 radical (unpaired) electrons. The molecule has 0 saturated heterocycles. The quantitative estimate of drug-likeness (QED) is 0.557. The van der Waals surface area contributed by atoms with Crippen molar-refractivity contribution in [1.29, 1.82) is 0 Å². The van der Waals surface area contributed by atoms with Gasteiger partial charge in [0.15, 0.2) is 0 Å². The maximum atomic E-state index is 12.0. The highest BCUT2D eigenvalue weighted by Crippen LogP contribution is 2.29. The Morgan fingerprint density at radius 3 is 2.95 bits per heavy atom. The van der Waals surface area contributed by atoms with Crippen LogP contribution < -0.4 is 5.56 Å². The van der Waals surface area contributed by atoms with Gasteiger partial charge < -0.3 is 4.98 Å². The van der Waals surface area contributed by atoms with Crippen molar-refractivity contribution in [2.75, 3.05) is 0 Å². The molecular weight excluding hydrogens is 260 g/mol. The maximum Gasteiger partial charge on any atom is 0.274 e.